The highest BCUT2D eigenvalue weighted by Crippen LogP contribution is 2.55. The number of nitrogens with zero attached hydrogens (tertiary/aromatic N) is 2. The average Bonchev–Trinajstić information content (AvgIpc) is 2.58. The third kappa shape index (κ3) is 2.15. The number of carbonyl (C=O) groups excluding carboxylic acids is 1. The van der Waals surface area contributed by atoms with Crippen molar-refractivity contribution in [1.82, 2.24) is 5.32 Å². The Balaban J connectivity index is 1.53. The van der Waals surface area contributed by atoms with E-state index in [1.807, 2.05) is 0 Å². The van der Waals surface area contributed by atoms with E-state index in [2.05, 4.69) is 5.32 Å². The molecule has 1 heterocycles. The van der Waals surface area contributed by atoms with Gasteiger partial charge in [-0.15, -0.1) is 4.73 Å². The maximum Gasteiger partial charge on any atom is 0.372 e. The van der Waals surface area contributed by atoms with Crippen LogP contribution >= 0.6 is 0 Å². The number of benzene rings is 1. The minimum atomic E-state index is -0.533. The first kappa shape index (κ1) is 15.7. The monoisotopic (exact) mass is 354 g/mol. The van der Waals surface area contributed by atoms with Crippen molar-refractivity contribution in [3.8, 4) is 0 Å². The summed E-state index contributed by atoms with van der Waals surface area (Å²) in [4.78, 5) is 13.0. The van der Waals surface area contributed by atoms with Crippen LogP contribution in [0.15, 0.2) is 24.3 Å². The largest absolute Gasteiger partial charge is 0.710 e. The standard InChI is InChI=1S/C19H22N4O3/c20-17-16(22(25)14-3-1-2-4-15(14)23(17)26)18(24)21-19-8-11-5-12(9-19)7-13(6-11)10-19/h1-4,11-13H,5-10,20H2,(H,21,24). The third-order valence-corrected chi connectivity index (χ3v) is 6.62. The number of amides is 1. The number of nitrogens with one attached hydrogen (secondary N) is 1. The van der Waals surface area contributed by atoms with Crippen molar-refractivity contribution in [2.75, 3.05) is 5.73 Å². The fraction of sp³-hybridized carbons (Fsp3) is 0.526. The molecule has 0 aliphatic heterocycles. The van der Waals surface area contributed by atoms with Gasteiger partial charge in [0.2, 0.25) is 5.52 Å². The van der Waals surface area contributed by atoms with Crippen molar-refractivity contribution in [3.05, 3.63) is 40.4 Å². The summed E-state index contributed by atoms with van der Waals surface area (Å²) in [6.45, 7) is 0. The Morgan fingerprint density at radius 3 is 2.04 bits per heavy atom. The van der Waals surface area contributed by atoms with Gasteiger partial charge in [-0.25, -0.2) is 4.73 Å². The summed E-state index contributed by atoms with van der Waals surface area (Å²) in [6.07, 6.45) is 6.68. The van der Waals surface area contributed by atoms with Crippen LogP contribution in [0.4, 0.5) is 5.82 Å². The van der Waals surface area contributed by atoms with Crippen LogP contribution < -0.4 is 20.5 Å². The van der Waals surface area contributed by atoms with Crippen LogP contribution in [0.25, 0.3) is 11.0 Å². The molecule has 4 saturated carbocycles. The maximum atomic E-state index is 13.0. The number of hydrogen-bond acceptors (Lipinski definition) is 4. The molecule has 0 spiro atoms. The molecule has 4 aliphatic carbocycles. The van der Waals surface area contributed by atoms with Crippen LogP contribution in [0, 0.1) is 28.2 Å². The lowest BCUT2D eigenvalue weighted by Gasteiger charge is -2.56. The Hall–Kier alpha value is -2.57. The van der Waals surface area contributed by atoms with Crippen LogP contribution in [0.3, 0.4) is 0 Å². The molecule has 3 N–H and O–H groups in total. The van der Waals surface area contributed by atoms with Crippen LogP contribution in [0.1, 0.15) is 49.0 Å². The molecule has 4 aliphatic rings. The molecule has 1 amide bonds. The summed E-state index contributed by atoms with van der Waals surface area (Å²) in [7, 11) is 0. The summed E-state index contributed by atoms with van der Waals surface area (Å²) in [5.41, 5.74) is 5.65. The predicted molar refractivity (Wildman–Crippen MR) is 94.6 cm³/mol. The van der Waals surface area contributed by atoms with Gasteiger partial charge in [0, 0.05) is 11.6 Å². The summed E-state index contributed by atoms with van der Waals surface area (Å²) in [5, 5.41) is 28.3. The van der Waals surface area contributed by atoms with E-state index in [9.17, 15) is 15.2 Å². The molecule has 6 rings (SSSR count). The zero-order chi connectivity index (χ0) is 18.1. The van der Waals surface area contributed by atoms with E-state index < -0.39 is 5.91 Å². The lowest BCUT2D eigenvalue weighted by atomic mass is 9.53. The molecular weight excluding hydrogens is 332 g/mol. The first-order valence-corrected chi connectivity index (χ1v) is 9.31. The van der Waals surface area contributed by atoms with Crippen molar-refractivity contribution in [3.63, 3.8) is 0 Å². The van der Waals surface area contributed by atoms with Gasteiger partial charge in [0.1, 0.15) is 0 Å². The Morgan fingerprint density at radius 2 is 1.50 bits per heavy atom. The number of carbonyl (C=O) groups is 1. The fourth-order valence-corrected chi connectivity index (χ4v) is 6.03. The van der Waals surface area contributed by atoms with E-state index in [1.165, 1.54) is 31.4 Å². The smallest absolute Gasteiger partial charge is 0.372 e. The van der Waals surface area contributed by atoms with Crippen LogP contribution in [0.2, 0.25) is 0 Å². The Bertz CT molecular complexity index is 891. The minimum Gasteiger partial charge on any atom is -0.710 e. The topological polar surface area (TPSA) is 109 Å². The second-order valence-corrected chi connectivity index (χ2v) is 8.46. The van der Waals surface area contributed by atoms with Gasteiger partial charge in [0.25, 0.3) is 5.52 Å². The molecule has 26 heavy (non-hydrogen) atoms. The Labute approximate surface area is 151 Å². The lowest BCUT2D eigenvalue weighted by molar-refractivity contribution is -0.620. The van der Waals surface area contributed by atoms with Gasteiger partial charge in [-0.05, 0) is 62.3 Å². The van der Waals surface area contributed by atoms with Crippen LogP contribution in [0.5, 0.6) is 0 Å². The molecule has 0 unspecified atom stereocenters. The van der Waals surface area contributed by atoms with Crippen molar-refractivity contribution in [2.24, 2.45) is 17.8 Å². The number of aromatic nitrogens is 2. The number of para-hydroxylation sites is 2. The Morgan fingerprint density at radius 1 is 1.00 bits per heavy atom. The van der Waals surface area contributed by atoms with Gasteiger partial charge in [0.05, 0.1) is 0 Å². The van der Waals surface area contributed by atoms with Crippen molar-refractivity contribution in [2.45, 2.75) is 44.1 Å². The van der Waals surface area contributed by atoms with Crippen LogP contribution in [-0.4, -0.2) is 11.4 Å². The van der Waals surface area contributed by atoms with E-state index in [0.717, 1.165) is 19.3 Å². The predicted octanol–water partition coefficient (Wildman–Crippen LogP) is 1.39. The van der Waals surface area contributed by atoms with Gasteiger partial charge in [-0.2, -0.15) is 0 Å². The molecule has 1 aromatic heterocycles. The molecule has 0 radical (unpaired) electrons. The summed E-state index contributed by atoms with van der Waals surface area (Å²) < 4.78 is 0.966. The molecule has 1 aromatic carbocycles. The fourth-order valence-electron chi connectivity index (χ4n) is 6.03. The second-order valence-electron chi connectivity index (χ2n) is 8.46. The van der Waals surface area contributed by atoms with E-state index in [1.54, 1.807) is 12.1 Å². The highest BCUT2D eigenvalue weighted by molar-refractivity contribution is 5.95. The lowest BCUT2D eigenvalue weighted by Crippen LogP contribution is -2.61. The first-order chi connectivity index (χ1) is 12.5. The number of nitrogen functional groups attached to an aromatic ring is 1. The van der Waals surface area contributed by atoms with Crippen molar-refractivity contribution < 1.29 is 14.3 Å². The summed E-state index contributed by atoms with van der Waals surface area (Å²) in [6, 6.07) is 6.37. The molecule has 7 heteroatoms. The zero-order valence-electron chi connectivity index (χ0n) is 14.5. The van der Waals surface area contributed by atoms with Crippen LogP contribution in [-0.2, 0) is 0 Å². The highest BCUT2D eigenvalue weighted by Gasteiger charge is 2.52. The molecule has 0 atom stereocenters. The van der Waals surface area contributed by atoms with E-state index in [4.69, 9.17) is 5.73 Å². The zero-order valence-corrected chi connectivity index (χ0v) is 14.5. The quantitative estimate of drug-likeness (QED) is 0.627. The molecule has 7 nitrogen and oxygen atoms in total. The highest BCUT2D eigenvalue weighted by atomic mass is 16.5. The molecule has 4 fully saturated rings. The van der Waals surface area contributed by atoms with Gasteiger partial charge in [-0.3, -0.25) is 10.5 Å². The number of anilines is 1. The van der Waals surface area contributed by atoms with Gasteiger partial charge >= 0.3 is 17.4 Å². The Kier molecular flexibility index (Phi) is 3.14. The molecule has 4 bridgehead atoms. The molecular formula is C19H22N4O3. The van der Waals surface area contributed by atoms with Gasteiger partial charge in [0.15, 0.2) is 0 Å². The van der Waals surface area contributed by atoms with Gasteiger partial charge < -0.3 is 15.7 Å². The molecule has 2 aromatic rings. The van der Waals surface area contributed by atoms with E-state index in [-0.39, 0.29) is 28.1 Å². The van der Waals surface area contributed by atoms with Crippen molar-refractivity contribution in [1.29, 1.82) is 0 Å². The third-order valence-electron chi connectivity index (χ3n) is 6.62. The van der Waals surface area contributed by atoms with Crippen molar-refractivity contribution >= 4 is 22.8 Å². The second kappa shape index (κ2) is 5.22. The average molecular weight is 354 g/mol. The minimum absolute atomic E-state index is 0.146. The number of hydrogen-bond donors (Lipinski definition) is 2. The summed E-state index contributed by atoms with van der Waals surface area (Å²) in [5.74, 6) is 1.12. The number of fused-ring (bicyclic) bond motifs is 1. The number of rotatable bonds is 2. The molecule has 0 saturated heterocycles. The SMILES string of the molecule is Nc1c(C(=O)NC23CC4CC(CC(C4)C2)C3)[n+]([O-])c2ccccc2[n+]1[O-]. The van der Waals surface area contributed by atoms with E-state index in [0.29, 0.717) is 27.2 Å². The summed E-state index contributed by atoms with van der Waals surface area (Å²) >= 11 is 0. The molecule has 136 valence electrons. The number of nitrogens with two attached hydrogens (primary N) is 1. The van der Waals surface area contributed by atoms with E-state index >= 15 is 0 Å². The first-order valence-electron chi connectivity index (χ1n) is 9.31. The maximum absolute atomic E-state index is 13.0. The normalized spacial score (nSPS) is 32.1. The van der Waals surface area contributed by atoms with Gasteiger partial charge in [-0.1, -0.05) is 12.1 Å².